The van der Waals surface area contributed by atoms with Crippen LogP contribution in [-0.4, -0.2) is 16.6 Å². The van der Waals surface area contributed by atoms with E-state index in [0.29, 0.717) is 23.2 Å². The lowest BCUT2D eigenvalue weighted by atomic mass is 9.70. The Kier molecular flexibility index (Phi) is 4.55. The summed E-state index contributed by atoms with van der Waals surface area (Å²) in [7, 11) is 0. The molecule has 1 saturated heterocycles. The maximum absolute atomic E-state index is 13.1. The zero-order valence-corrected chi connectivity index (χ0v) is 15.4. The minimum Gasteiger partial charge on any atom is -0.329 e. The zero-order valence-electron chi connectivity index (χ0n) is 15.4. The molecule has 1 N–H and O–H groups in total. The van der Waals surface area contributed by atoms with E-state index in [0.717, 1.165) is 5.56 Å². The quantitative estimate of drug-likeness (QED) is 0.652. The number of allylic oxidation sites excluding steroid dienone is 2. The molecule has 1 aliphatic heterocycles. The Labute approximate surface area is 162 Å². The molecule has 28 heavy (non-hydrogen) atoms. The van der Waals surface area contributed by atoms with Gasteiger partial charge in [0, 0.05) is 42.0 Å². The number of benzene rings is 2. The van der Waals surface area contributed by atoms with Crippen molar-refractivity contribution in [3.05, 3.63) is 87.1 Å². The van der Waals surface area contributed by atoms with E-state index in [-0.39, 0.29) is 35.6 Å². The van der Waals surface area contributed by atoms with Crippen molar-refractivity contribution in [2.24, 2.45) is 5.92 Å². The number of fused-ring (bicyclic) bond motifs is 1. The number of nitro groups is 1. The normalized spacial score (nSPS) is 24.2. The molecule has 0 radical (unpaired) electrons. The molecule has 2 aromatic rings. The van der Waals surface area contributed by atoms with Gasteiger partial charge in [-0.2, -0.15) is 0 Å². The minimum atomic E-state index is -0.472. The molecule has 1 aliphatic carbocycles. The van der Waals surface area contributed by atoms with E-state index in [2.05, 4.69) is 5.32 Å². The number of ketones is 1. The van der Waals surface area contributed by atoms with Crippen LogP contribution >= 0.6 is 0 Å². The summed E-state index contributed by atoms with van der Waals surface area (Å²) in [5.41, 5.74) is 2.89. The van der Waals surface area contributed by atoms with Crippen LogP contribution in [0.15, 0.2) is 60.3 Å². The van der Waals surface area contributed by atoms with Gasteiger partial charge in [-0.3, -0.25) is 19.7 Å². The molecule has 1 heterocycles. The van der Waals surface area contributed by atoms with Crippen LogP contribution in [0.4, 0.5) is 5.69 Å². The predicted molar refractivity (Wildman–Crippen MR) is 104 cm³/mol. The molecular weight excluding hydrogens is 356 g/mol. The molecule has 0 bridgehead atoms. The molecule has 1 amide bonds. The number of carbonyl (C=O) groups is 2. The number of aryl methyl sites for hydroxylation is 1. The Morgan fingerprint density at radius 1 is 1.04 bits per heavy atom. The number of rotatable bonds is 3. The minimum absolute atomic E-state index is 0.0134. The van der Waals surface area contributed by atoms with Crippen molar-refractivity contribution >= 4 is 17.4 Å². The van der Waals surface area contributed by atoms with Gasteiger partial charge in [-0.1, -0.05) is 48.5 Å². The highest BCUT2D eigenvalue weighted by molar-refractivity contribution is 5.92. The van der Waals surface area contributed by atoms with E-state index in [1.165, 1.54) is 6.07 Å². The maximum atomic E-state index is 13.1. The fourth-order valence-electron chi connectivity index (χ4n) is 4.27. The second-order valence-corrected chi connectivity index (χ2v) is 7.45. The van der Waals surface area contributed by atoms with Crippen LogP contribution < -0.4 is 5.32 Å². The SMILES string of the molecule is Cc1ccc([C@H]2CC(=O)NC3=C[C@H](c4ccccc4)CC(=O)[C@H]32)cc1[N+](=O)[O-]. The topological polar surface area (TPSA) is 89.3 Å². The van der Waals surface area contributed by atoms with E-state index in [1.807, 2.05) is 36.4 Å². The molecule has 2 aromatic carbocycles. The van der Waals surface area contributed by atoms with E-state index in [9.17, 15) is 19.7 Å². The molecule has 4 rings (SSSR count). The summed E-state index contributed by atoms with van der Waals surface area (Å²) in [6.07, 6.45) is 2.47. The Morgan fingerprint density at radius 3 is 2.50 bits per heavy atom. The lowest BCUT2D eigenvalue weighted by Crippen LogP contribution is -2.43. The third-order valence-electron chi connectivity index (χ3n) is 5.66. The van der Waals surface area contributed by atoms with Crippen molar-refractivity contribution in [2.45, 2.75) is 31.6 Å². The van der Waals surface area contributed by atoms with Crippen molar-refractivity contribution in [3.8, 4) is 0 Å². The highest BCUT2D eigenvalue weighted by Crippen LogP contribution is 2.43. The molecule has 6 nitrogen and oxygen atoms in total. The zero-order chi connectivity index (χ0) is 19.8. The van der Waals surface area contributed by atoms with E-state index in [1.54, 1.807) is 19.1 Å². The van der Waals surface area contributed by atoms with Gasteiger partial charge in [-0.15, -0.1) is 0 Å². The van der Waals surface area contributed by atoms with Crippen molar-refractivity contribution in [3.63, 3.8) is 0 Å². The number of piperidine rings is 1. The predicted octanol–water partition coefficient (Wildman–Crippen LogP) is 3.76. The first-order chi connectivity index (χ1) is 13.4. The van der Waals surface area contributed by atoms with Crippen molar-refractivity contribution in [2.75, 3.05) is 0 Å². The molecule has 3 atom stereocenters. The summed E-state index contributed by atoms with van der Waals surface area (Å²) >= 11 is 0. The lowest BCUT2D eigenvalue weighted by Gasteiger charge is -2.37. The summed E-state index contributed by atoms with van der Waals surface area (Å²) in [6, 6.07) is 14.7. The summed E-state index contributed by atoms with van der Waals surface area (Å²) in [4.78, 5) is 36.3. The van der Waals surface area contributed by atoms with Crippen molar-refractivity contribution in [1.82, 2.24) is 5.32 Å². The monoisotopic (exact) mass is 376 g/mol. The van der Waals surface area contributed by atoms with Gasteiger partial charge in [0.1, 0.15) is 5.78 Å². The Balaban J connectivity index is 1.74. The molecular formula is C22H20N2O4. The van der Waals surface area contributed by atoms with E-state index < -0.39 is 10.8 Å². The average molecular weight is 376 g/mol. The van der Waals surface area contributed by atoms with Crippen LogP contribution in [0.3, 0.4) is 0 Å². The van der Waals surface area contributed by atoms with E-state index in [4.69, 9.17) is 0 Å². The van der Waals surface area contributed by atoms with Gasteiger partial charge >= 0.3 is 0 Å². The molecule has 142 valence electrons. The number of Topliss-reactive ketones (excluding diaryl/α,β-unsaturated/α-hetero) is 1. The van der Waals surface area contributed by atoms with Gasteiger partial charge in [0.25, 0.3) is 5.69 Å². The standard InChI is InChI=1S/C22H20N2O4/c1-13-7-8-15(10-19(13)24(27)28)17-12-21(26)23-18-9-16(11-20(25)22(17)18)14-5-3-2-4-6-14/h2-10,16-17,22H,11-12H2,1H3,(H,23,26)/t16-,17+,22-/m0/s1. The lowest BCUT2D eigenvalue weighted by molar-refractivity contribution is -0.385. The Hall–Kier alpha value is -3.28. The fourth-order valence-corrected chi connectivity index (χ4v) is 4.27. The molecule has 1 fully saturated rings. The van der Waals surface area contributed by atoms with Crippen molar-refractivity contribution in [1.29, 1.82) is 0 Å². The second kappa shape index (κ2) is 7.03. The van der Waals surface area contributed by atoms with Crippen LogP contribution in [0.5, 0.6) is 0 Å². The number of nitrogens with one attached hydrogen (secondary N) is 1. The first-order valence-corrected chi connectivity index (χ1v) is 9.28. The Morgan fingerprint density at radius 2 is 1.79 bits per heavy atom. The smallest absolute Gasteiger partial charge is 0.272 e. The van der Waals surface area contributed by atoms with Gasteiger partial charge in [0.05, 0.1) is 10.8 Å². The number of hydrogen-bond acceptors (Lipinski definition) is 4. The highest BCUT2D eigenvalue weighted by atomic mass is 16.6. The molecule has 2 aliphatic rings. The van der Waals surface area contributed by atoms with Crippen LogP contribution in [0.25, 0.3) is 0 Å². The fraction of sp³-hybridized carbons (Fsp3) is 0.273. The average Bonchev–Trinajstić information content (AvgIpc) is 2.67. The highest BCUT2D eigenvalue weighted by Gasteiger charge is 2.42. The summed E-state index contributed by atoms with van der Waals surface area (Å²) < 4.78 is 0. The molecule has 0 saturated carbocycles. The number of carbonyl (C=O) groups excluding carboxylic acids is 2. The number of nitro benzene ring substituents is 1. The third-order valence-corrected chi connectivity index (χ3v) is 5.66. The summed E-state index contributed by atoms with van der Waals surface area (Å²) in [5.74, 6) is -1.05. The van der Waals surface area contributed by atoms with E-state index >= 15 is 0 Å². The van der Waals surface area contributed by atoms with Gasteiger partial charge in [0.15, 0.2) is 0 Å². The summed E-state index contributed by atoms with van der Waals surface area (Å²) in [5, 5.41) is 14.2. The van der Waals surface area contributed by atoms with Crippen molar-refractivity contribution < 1.29 is 14.5 Å². The van der Waals surface area contributed by atoms with Gasteiger partial charge in [-0.05, 0) is 18.1 Å². The first kappa shape index (κ1) is 18.1. The maximum Gasteiger partial charge on any atom is 0.272 e. The van der Waals surface area contributed by atoms with Gasteiger partial charge < -0.3 is 5.32 Å². The van der Waals surface area contributed by atoms with Crippen LogP contribution in [0, 0.1) is 23.0 Å². The largest absolute Gasteiger partial charge is 0.329 e. The van der Waals surface area contributed by atoms with Crippen LogP contribution in [0.2, 0.25) is 0 Å². The van der Waals surface area contributed by atoms with Crippen LogP contribution in [-0.2, 0) is 9.59 Å². The molecule has 6 heteroatoms. The summed E-state index contributed by atoms with van der Waals surface area (Å²) in [6.45, 7) is 1.68. The molecule has 0 unspecified atom stereocenters. The second-order valence-electron chi connectivity index (χ2n) is 7.45. The number of hydrogen-bond donors (Lipinski definition) is 1. The third kappa shape index (κ3) is 3.22. The molecule has 0 spiro atoms. The number of nitrogens with zero attached hydrogens (tertiary/aromatic N) is 1. The van der Waals surface area contributed by atoms with Crippen LogP contribution in [0.1, 0.15) is 41.4 Å². The van der Waals surface area contributed by atoms with Gasteiger partial charge in [0.2, 0.25) is 5.91 Å². The Bertz CT molecular complexity index is 997. The van der Waals surface area contributed by atoms with Gasteiger partial charge in [-0.25, -0.2) is 0 Å². The first-order valence-electron chi connectivity index (χ1n) is 9.28. The number of amides is 1. The molecule has 0 aromatic heterocycles.